The highest BCUT2D eigenvalue weighted by Gasteiger charge is 2.30. The van der Waals surface area contributed by atoms with Crippen molar-refractivity contribution in [2.45, 2.75) is 32.1 Å². The summed E-state index contributed by atoms with van der Waals surface area (Å²) >= 11 is 0. The molecule has 0 amide bonds. The SMILES string of the molecule is [2H]c1c([2H])c(N)c2c(=O)n(C3([2H])C(=O)CC(=O)C([2H])([2H])C3([2H])[2H])c(C([2H])[2H])nc2c1[2H]. The van der Waals surface area contributed by atoms with Gasteiger partial charge in [0, 0.05) is 20.3 Å². The molecule has 1 saturated carbocycles. The summed E-state index contributed by atoms with van der Waals surface area (Å²) in [6.07, 6.45) is -8.24. The molecule has 6 nitrogen and oxygen atoms in total. The van der Waals surface area contributed by atoms with E-state index in [-0.39, 0.29) is 4.57 Å². The Balaban J connectivity index is 2.60. The molecule has 1 aliphatic rings. The number of ketones is 2. The molecule has 1 heterocycles. The van der Waals surface area contributed by atoms with E-state index in [1.807, 2.05) is 0 Å². The van der Waals surface area contributed by atoms with Crippen LogP contribution in [0.3, 0.4) is 0 Å². The zero-order valence-corrected chi connectivity index (χ0v) is 10.5. The number of benzene rings is 1. The lowest BCUT2D eigenvalue weighted by Crippen LogP contribution is -2.36. The Hall–Kier alpha value is -2.50. The minimum Gasteiger partial charge on any atom is -0.398 e. The Bertz CT molecular complexity index is 1230. The van der Waals surface area contributed by atoms with E-state index in [4.69, 9.17) is 19.4 Å². The van der Waals surface area contributed by atoms with Crippen molar-refractivity contribution in [3.63, 3.8) is 0 Å². The minimum atomic E-state index is -3.63. The van der Waals surface area contributed by atoms with Gasteiger partial charge in [-0.3, -0.25) is 19.0 Å². The molecule has 6 heteroatoms. The molecular formula is C15H15N3O3. The maximum absolute atomic E-state index is 13.3. The molecule has 2 aromatic rings. The average Bonchev–Trinajstić information content (AvgIpc) is 2.67. The van der Waals surface area contributed by atoms with Gasteiger partial charge < -0.3 is 5.73 Å². The molecule has 0 bridgehead atoms. The van der Waals surface area contributed by atoms with Crippen LogP contribution in [-0.2, 0) is 9.59 Å². The zero-order valence-electron chi connectivity index (χ0n) is 20.5. The Labute approximate surface area is 134 Å². The summed E-state index contributed by atoms with van der Waals surface area (Å²) < 4.78 is 79.2. The number of hydrogen-bond donors (Lipinski definition) is 1. The molecule has 1 aromatic heterocycles. The molecule has 0 radical (unpaired) electrons. The highest BCUT2D eigenvalue weighted by atomic mass is 16.2. The molecule has 1 atom stereocenters. The highest BCUT2D eigenvalue weighted by Crippen LogP contribution is 2.24. The van der Waals surface area contributed by atoms with Crippen LogP contribution in [0.25, 0.3) is 10.9 Å². The van der Waals surface area contributed by atoms with E-state index in [1.165, 1.54) is 0 Å². The van der Waals surface area contributed by atoms with E-state index in [0.29, 0.717) is 0 Å². The number of rotatable bonds is 1. The number of nitrogens with two attached hydrogens (primary N) is 1. The summed E-state index contributed by atoms with van der Waals surface area (Å²) in [5.41, 5.74) is 3.00. The van der Waals surface area contributed by atoms with Gasteiger partial charge in [0.2, 0.25) is 0 Å². The van der Waals surface area contributed by atoms with Gasteiger partial charge in [-0.15, -0.1) is 0 Å². The number of nitrogen functional groups attached to an aromatic ring is 1. The molecule has 1 aliphatic carbocycles. The van der Waals surface area contributed by atoms with Crippen molar-refractivity contribution in [2.24, 2.45) is 0 Å². The quantitative estimate of drug-likeness (QED) is 0.629. The molecular weight excluding hydrogens is 270 g/mol. The number of aromatic nitrogens is 2. The average molecular weight is 295 g/mol. The van der Waals surface area contributed by atoms with Crippen LogP contribution >= 0.6 is 0 Å². The van der Waals surface area contributed by atoms with Gasteiger partial charge in [-0.1, -0.05) is 6.04 Å². The van der Waals surface area contributed by atoms with Crippen molar-refractivity contribution in [3.8, 4) is 0 Å². The van der Waals surface area contributed by atoms with Gasteiger partial charge >= 0.3 is 0 Å². The number of Topliss-reactive ketones (excluding diaryl/α,β-unsaturated/α-hetero) is 2. The molecule has 0 aliphatic heterocycles. The van der Waals surface area contributed by atoms with Crippen LogP contribution in [0, 0.1) is 6.88 Å². The lowest BCUT2D eigenvalue weighted by molar-refractivity contribution is -0.132. The molecule has 2 N–H and O–H groups in total. The fourth-order valence-electron chi connectivity index (χ4n) is 1.96. The van der Waals surface area contributed by atoms with Crippen LogP contribution in [0.1, 0.15) is 44.7 Å². The highest BCUT2D eigenvalue weighted by molar-refractivity contribution is 6.03. The predicted molar refractivity (Wildman–Crippen MR) is 78.1 cm³/mol. The van der Waals surface area contributed by atoms with Crippen molar-refractivity contribution >= 4 is 28.2 Å². The second-order valence-electron chi connectivity index (χ2n) is 4.24. The second-order valence-corrected chi connectivity index (χ2v) is 4.24. The van der Waals surface area contributed by atoms with Gasteiger partial charge in [-0.2, -0.15) is 0 Å². The topological polar surface area (TPSA) is 95.0 Å². The van der Waals surface area contributed by atoms with Crippen molar-refractivity contribution in [1.82, 2.24) is 9.55 Å². The van der Waals surface area contributed by atoms with Crippen LogP contribution in [-0.4, -0.2) is 21.1 Å². The summed E-state index contributed by atoms with van der Waals surface area (Å²) in [6, 6.07) is -5.65. The van der Waals surface area contributed by atoms with E-state index < -0.39 is 89.7 Å². The van der Waals surface area contributed by atoms with Gasteiger partial charge in [0.1, 0.15) is 11.6 Å². The summed E-state index contributed by atoms with van der Waals surface area (Å²) in [5.74, 6) is -3.93. The predicted octanol–water partition coefficient (Wildman–Crippen LogP) is 1.15. The Morgan fingerprint density at radius 1 is 1.52 bits per heavy atom. The van der Waals surface area contributed by atoms with Crippen molar-refractivity contribution < 1.29 is 23.3 Å². The summed E-state index contributed by atoms with van der Waals surface area (Å²) in [6.45, 7) is -2.21. The second kappa shape index (κ2) is 4.80. The number of carbonyl (C=O) groups is 2. The first-order valence-corrected chi connectivity index (χ1v) is 5.76. The zero-order chi connectivity index (χ0) is 23.8. The van der Waals surface area contributed by atoms with E-state index in [0.717, 1.165) is 0 Å². The number of carbonyl (C=O) groups excluding carboxylic acids is 2. The van der Waals surface area contributed by atoms with Gasteiger partial charge in [0.05, 0.1) is 28.8 Å². The number of nitrogens with zero attached hydrogens (tertiary/aromatic N) is 2. The van der Waals surface area contributed by atoms with Crippen LogP contribution in [0.15, 0.2) is 22.9 Å². The van der Waals surface area contributed by atoms with Crippen LogP contribution in [0.2, 0.25) is 0 Å². The van der Waals surface area contributed by atoms with Gasteiger partial charge in [0.25, 0.3) is 5.56 Å². The molecule has 3 rings (SSSR count). The number of fused-ring (bicyclic) bond motifs is 1. The number of aryl methyl sites for hydroxylation is 1. The van der Waals surface area contributed by atoms with Crippen molar-refractivity contribution in [3.05, 3.63) is 34.3 Å². The number of anilines is 1. The molecule has 1 unspecified atom stereocenters. The van der Waals surface area contributed by atoms with Crippen LogP contribution < -0.4 is 11.3 Å². The molecule has 0 spiro atoms. The fraction of sp³-hybridized carbons (Fsp3) is 0.333. The van der Waals surface area contributed by atoms with E-state index in [9.17, 15) is 14.4 Å². The lowest BCUT2D eigenvalue weighted by Gasteiger charge is -2.24. The summed E-state index contributed by atoms with van der Waals surface area (Å²) in [7, 11) is 0. The van der Waals surface area contributed by atoms with Gasteiger partial charge in [-0.25, -0.2) is 4.98 Å². The largest absolute Gasteiger partial charge is 0.398 e. The standard InChI is InChI=1S/C15H15N3O3/c1-8-17-11-4-2-3-10(16)14(11)15(21)18(8)12-6-5-9(19)7-13(12)20/h2-4,12H,5-7,16H2,1H3/i1D2,2D,3D,4D,5D2,6D2,12D. The van der Waals surface area contributed by atoms with E-state index in [1.54, 1.807) is 0 Å². The van der Waals surface area contributed by atoms with Crippen molar-refractivity contribution in [2.75, 3.05) is 5.73 Å². The molecule has 1 fully saturated rings. The van der Waals surface area contributed by atoms with Crippen LogP contribution in [0.4, 0.5) is 5.69 Å². The Morgan fingerprint density at radius 2 is 2.33 bits per heavy atom. The van der Waals surface area contributed by atoms with Crippen molar-refractivity contribution in [1.29, 1.82) is 0 Å². The maximum Gasteiger partial charge on any atom is 0.264 e. The summed E-state index contributed by atoms with van der Waals surface area (Å²) in [5, 5.41) is -0.719. The minimum absolute atomic E-state index is 0.00542. The molecule has 1 aromatic carbocycles. The van der Waals surface area contributed by atoms with Gasteiger partial charge in [-0.05, 0) is 25.3 Å². The smallest absolute Gasteiger partial charge is 0.264 e. The first-order valence-electron chi connectivity index (χ1n) is 10.9. The normalized spacial score (nSPS) is 34.5. The third-order valence-corrected chi connectivity index (χ3v) is 2.89. The third-order valence-electron chi connectivity index (χ3n) is 2.89. The Kier molecular flexibility index (Phi) is 1.39. The number of hydrogen-bond acceptors (Lipinski definition) is 5. The maximum atomic E-state index is 13.3. The fourth-order valence-corrected chi connectivity index (χ4v) is 1.96. The summed E-state index contributed by atoms with van der Waals surface area (Å²) in [4.78, 5) is 41.8. The monoisotopic (exact) mass is 295 g/mol. The van der Waals surface area contributed by atoms with E-state index >= 15 is 0 Å². The van der Waals surface area contributed by atoms with E-state index in [2.05, 4.69) is 4.98 Å². The first-order chi connectivity index (χ1) is 14.0. The Morgan fingerprint density at radius 3 is 3.10 bits per heavy atom. The molecule has 0 saturated heterocycles. The third kappa shape index (κ3) is 2.12. The van der Waals surface area contributed by atoms with Gasteiger partial charge in [0.15, 0.2) is 5.78 Å². The first kappa shape index (κ1) is 6.09. The van der Waals surface area contributed by atoms with Crippen LogP contribution in [0.5, 0.6) is 0 Å². The molecule has 21 heavy (non-hydrogen) atoms. The lowest BCUT2D eigenvalue weighted by atomic mass is 9.92. The molecule has 108 valence electrons.